The van der Waals surface area contributed by atoms with Crippen LogP contribution >= 0.6 is 0 Å². The number of hydrogen-bond acceptors (Lipinski definition) is 2. The van der Waals surface area contributed by atoms with Gasteiger partial charge in [-0.3, -0.25) is 0 Å². The van der Waals surface area contributed by atoms with Crippen LogP contribution in [-0.2, 0) is 9.22 Å². The first-order valence-electron chi connectivity index (χ1n) is 5.01. The van der Waals surface area contributed by atoms with Crippen LogP contribution < -0.4 is 0 Å². The molecular weight excluding hydrogens is 324 g/mol. The van der Waals surface area contributed by atoms with Crippen molar-refractivity contribution in [1.29, 1.82) is 0 Å². The summed E-state index contributed by atoms with van der Waals surface area (Å²) in [6.45, 7) is 8.10. The van der Waals surface area contributed by atoms with Gasteiger partial charge in [-0.05, 0) is 0 Å². The number of aliphatic carboxylic acids is 1. The van der Waals surface area contributed by atoms with E-state index in [1.54, 1.807) is 0 Å². The van der Waals surface area contributed by atoms with Crippen LogP contribution in [0.1, 0.15) is 34.1 Å². The molecule has 0 spiro atoms. The van der Waals surface area contributed by atoms with Crippen LogP contribution in [0.3, 0.4) is 0 Å². The Bertz CT molecular complexity index is 233. The minimum absolute atomic E-state index is 0.0599. The van der Waals surface area contributed by atoms with Crippen molar-refractivity contribution in [3.63, 3.8) is 0 Å². The Kier molecular flexibility index (Phi) is 5.84. The summed E-state index contributed by atoms with van der Waals surface area (Å²) in [5, 5.41) is 9.25. The Morgan fingerprint density at radius 3 is 2.27 bits per heavy atom. The molecule has 0 aliphatic rings. The molecule has 0 aliphatic heterocycles. The van der Waals surface area contributed by atoms with Crippen molar-refractivity contribution in [2.24, 2.45) is 5.41 Å². The molecule has 0 saturated carbocycles. The molecule has 2 atom stereocenters. The maximum absolute atomic E-state index is 11.2. The van der Waals surface area contributed by atoms with Gasteiger partial charge in [0, 0.05) is 0 Å². The average Bonchev–Trinajstić information content (AvgIpc) is 2.15. The summed E-state index contributed by atoms with van der Waals surface area (Å²) in [4.78, 5) is 13.3. The van der Waals surface area contributed by atoms with E-state index in [0.29, 0.717) is 16.9 Å². The average molecular weight is 346 g/mol. The van der Waals surface area contributed by atoms with Gasteiger partial charge in [0.05, 0.1) is 0 Å². The van der Waals surface area contributed by atoms with Gasteiger partial charge in [-0.2, -0.15) is 0 Å². The second-order valence-corrected chi connectivity index (χ2v) is 8.99. The SMILES string of the molecule is C[Te]C(C)(CC(C)(C)C(C)O[SiH3])C(=O)O. The molecule has 0 aromatic heterocycles. The van der Waals surface area contributed by atoms with Gasteiger partial charge in [-0.1, -0.05) is 0 Å². The van der Waals surface area contributed by atoms with E-state index in [1.165, 1.54) is 0 Å². The van der Waals surface area contributed by atoms with Crippen LogP contribution in [0.5, 0.6) is 0 Å². The third-order valence-electron chi connectivity index (χ3n) is 3.15. The summed E-state index contributed by atoms with van der Waals surface area (Å²) in [6.07, 6.45) is 0.846. The van der Waals surface area contributed by atoms with E-state index < -0.39 is 30.4 Å². The third kappa shape index (κ3) is 4.07. The molecule has 0 radical (unpaired) electrons. The normalized spacial score (nSPS) is 18.5. The molecule has 0 bridgehead atoms. The Morgan fingerprint density at radius 1 is 1.53 bits per heavy atom. The molecule has 0 heterocycles. The maximum atomic E-state index is 11.2. The zero-order valence-corrected chi connectivity index (χ0v) is 14.8. The van der Waals surface area contributed by atoms with Crippen molar-refractivity contribution in [2.45, 2.75) is 48.7 Å². The van der Waals surface area contributed by atoms with Crippen LogP contribution in [0.4, 0.5) is 0 Å². The molecule has 0 fully saturated rings. The van der Waals surface area contributed by atoms with Crippen molar-refractivity contribution in [3.8, 4) is 0 Å². The molecule has 15 heavy (non-hydrogen) atoms. The Morgan fingerprint density at radius 2 is 2.00 bits per heavy atom. The predicted molar refractivity (Wildman–Crippen MR) is 66.5 cm³/mol. The van der Waals surface area contributed by atoms with Crippen molar-refractivity contribution >= 4 is 37.4 Å². The van der Waals surface area contributed by atoms with Gasteiger partial charge in [0.15, 0.2) is 0 Å². The van der Waals surface area contributed by atoms with E-state index in [9.17, 15) is 9.90 Å². The van der Waals surface area contributed by atoms with E-state index in [1.807, 2.05) is 13.8 Å². The Labute approximate surface area is 106 Å². The Hall–Kier alpha value is 0.436. The van der Waals surface area contributed by atoms with Gasteiger partial charge in [-0.25, -0.2) is 0 Å². The summed E-state index contributed by atoms with van der Waals surface area (Å²) in [7, 11) is 0.706. The summed E-state index contributed by atoms with van der Waals surface area (Å²) in [6, 6.07) is 0. The van der Waals surface area contributed by atoms with Gasteiger partial charge < -0.3 is 0 Å². The molecule has 0 aromatic rings. The molecule has 2 unspecified atom stereocenters. The fraction of sp³-hybridized carbons (Fsp3) is 0.900. The number of carboxylic acid groups (broad SMARTS) is 1. The second kappa shape index (κ2) is 5.67. The molecule has 0 rings (SSSR count). The monoisotopic (exact) mass is 348 g/mol. The number of carbonyl (C=O) groups is 1. The standard InChI is InChI=1S/C10H22O3SiTe/c1-7(13-14)9(2,3)6-10(4,15-5)8(11)12/h7H,6H2,1-5,14H3,(H,11,12). The van der Waals surface area contributed by atoms with Gasteiger partial charge in [0.2, 0.25) is 0 Å². The van der Waals surface area contributed by atoms with E-state index in [-0.39, 0.29) is 11.5 Å². The Balaban J connectivity index is 4.75. The summed E-state index contributed by atoms with van der Waals surface area (Å²) in [5.41, 5.74) is -0.0599. The molecule has 0 saturated heterocycles. The molecule has 0 aliphatic carbocycles. The minimum atomic E-state index is -0.652. The molecule has 90 valence electrons. The predicted octanol–water partition coefficient (Wildman–Crippen LogP) is 1.10. The van der Waals surface area contributed by atoms with Crippen molar-refractivity contribution in [3.05, 3.63) is 0 Å². The summed E-state index contributed by atoms with van der Waals surface area (Å²) >= 11 is -0.500. The van der Waals surface area contributed by atoms with Gasteiger partial charge in [0.1, 0.15) is 0 Å². The zero-order chi connectivity index (χ0) is 12.3. The molecular formula is C10H22O3SiTe. The van der Waals surface area contributed by atoms with E-state index >= 15 is 0 Å². The number of rotatable bonds is 6. The van der Waals surface area contributed by atoms with Gasteiger partial charge >= 0.3 is 106 Å². The van der Waals surface area contributed by atoms with E-state index in [0.717, 1.165) is 0 Å². The first-order valence-corrected chi connectivity index (χ1v) is 9.32. The van der Waals surface area contributed by atoms with E-state index in [2.05, 4.69) is 18.8 Å². The van der Waals surface area contributed by atoms with Gasteiger partial charge in [-0.15, -0.1) is 0 Å². The molecule has 1 N–H and O–H groups in total. The quantitative estimate of drug-likeness (QED) is 0.733. The molecule has 0 amide bonds. The number of carboxylic acids is 1. The van der Waals surface area contributed by atoms with Crippen LogP contribution in [0, 0.1) is 5.41 Å². The van der Waals surface area contributed by atoms with Crippen LogP contribution in [0.25, 0.3) is 0 Å². The van der Waals surface area contributed by atoms with E-state index in [4.69, 9.17) is 4.43 Å². The zero-order valence-electron chi connectivity index (χ0n) is 10.5. The van der Waals surface area contributed by atoms with Crippen LogP contribution in [0.15, 0.2) is 0 Å². The second-order valence-electron chi connectivity index (χ2n) is 4.78. The van der Waals surface area contributed by atoms with Crippen molar-refractivity contribution in [1.82, 2.24) is 0 Å². The first-order chi connectivity index (χ1) is 6.69. The fourth-order valence-electron chi connectivity index (χ4n) is 1.57. The summed E-state index contributed by atoms with van der Waals surface area (Å²) in [5.74, 6) is -0.652. The third-order valence-corrected chi connectivity index (χ3v) is 7.34. The van der Waals surface area contributed by atoms with Gasteiger partial charge in [0.25, 0.3) is 0 Å². The van der Waals surface area contributed by atoms with Crippen molar-refractivity contribution < 1.29 is 14.3 Å². The fourth-order valence-corrected chi connectivity index (χ4v) is 4.18. The van der Waals surface area contributed by atoms with Crippen molar-refractivity contribution in [2.75, 3.05) is 0 Å². The van der Waals surface area contributed by atoms with Crippen LogP contribution in [0.2, 0.25) is 8.43 Å². The topological polar surface area (TPSA) is 46.5 Å². The molecule has 0 aromatic carbocycles. The molecule has 5 heteroatoms. The first kappa shape index (κ1) is 15.4. The number of hydrogen-bond donors (Lipinski definition) is 1. The van der Waals surface area contributed by atoms with Crippen LogP contribution in [-0.4, -0.2) is 48.6 Å². The summed E-state index contributed by atoms with van der Waals surface area (Å²) < 4.78 is 4.93. The molecule has 3 nitrogen and oxygen atoms in total.